The molecule has 0 saturated heterocycles. The maximum absolute atomic E-state index is 12.0. The van der Waals surface area contributed by atoms with Gasteiger partial charge in [-0.1, -0.05) is 24.3 Å². The molecule has 0 atom stereocenters. The van der Waals surface area contributed by atoms with Gasteiger partial charge in [0.2, 0.25) is 10.0 Å². The number of rotatable bonds is 6. The topological polar surface area (TPSA) is 66.4 Å². The van der Waals surface area contributed by atoms with Gasteiger partial charge in [0.1, 0.15) is 0 Å². The third-order valence-electron chi connectivity index (χ3n) is 2.97. The molecule has 1 aromatic heterocycles. The lowest BCUT2D eigenvalue weighted by molar-refractivity contribution is 0.282. The zero-order valence-electron chi connectivity index (χ0n) is 11.2. The van der Waals surface area contributed by atoms with Gasteiger partial charge in [-0.25, -0.2) is 13.1 Å². The summed E-state index contributed by atoms with van der Waals surface area (Å²) in [5.41, 5.74) is 3.49. The Hall–Kier alpha value is -1.21. The molecule has 0 aliphatic heterocycles. The molecule has 0 spiro atoms. The summed E-state index contributed by atoms with van der Waals surface area (Å²) in [6.45, 7) is 2.19. The predicted octanol–water partition coefficient (Wildman–Crippen LogP) is 2.17. The highest BCUT2D eigenvalue weighted by Crippen LogP contribution is 2.14. The van der Waals surface area contributed by atoms with E-state index in [1.165, 1.54) is 0 Å². The number of aliphatic hydroxyl groups excluding tert-OH is 1. The highest BCUT2D eigenvalue weighted by Gasteiger charge is 2.12. The van der Waals surface area contributed by atoms with Gasteiger partial charge in [0, 0.05) is 6.54 Å². The van der Waals surface area contributed by atoms with E-state index in [1.54, 1.807) is 35.6 Å². The fraction of sp³-hybridized carbons (Fsp3) is 0.286. The van der Waals surface area contributed by atoms with Crippen LogP contribution in [-0.2, 0) is 28.9 Å². The summed E-state index contributed by atoms with van der Waals surface area (Å²) in [5, 5.41) is 13.0. The zero-order chi connectivity index (χ0) is 14.6. The summed E-state index contributed by atoms with van der Waals surface area (Å²) in [6.07, 6.45) is 0. The minimum absolute atomic E-state index is 0.0793. The molecule has 6 heteroatoms. The van der Waals surface area contributed by atoms with E-state index in [2.05, 4.69) is 4.72 Å². The number of benzene rings is 1. The van der Waals surface area contributed by atoms with Crippen LogP contribution in [0.1, 0.15) is 22.3 Å². The van der Waals surface area contributed by atoms with E-state index in [0.717, 1.165) is 11.1 Å². The van der Waals surface area contributed by atoms with Crippen LogP contribution < -0.4 is 4.72 Å². The van der Waals surface area contributed by atoms with Crippen molar-refractivity contribution in [2.45, 2.75) is 25.8 Å². The molecule has 1 aromatic carbocycles. The summed E-state index contributed by atoms with van der Waals surface area (Å²) in [4.78, 5) is 0. The van der Waals surface area contributed by atoms with E-state index >= 15 is 0 Å². The first kappa shape index (κ1) is 15.2. The zero-order valence-corrected chi connectivity index (χ0v) is 12.8. The maximum atomic E-state index is 12.0. The first-order valence-corrected chi connectivity index (χ1v) is 8.77. The van der Waals surface area contributed by atoms with Crippen LogP contribution in [-0.4, -0.2) is 13.5 Å². The molecular formula is C14H17NO3S2. The van der Waals surface area contributed by atoms with Gasteiger partial charge >= 0.3 is 0 Å². The van der Waals surface area contributed by atoms with Crippen molar-refractivity contribution in [3.8, 4) is 0 Å². The first-order chi connectivity index (χ1) is 9.50. The fourth-order valence-electron chi connectivity index (χ4n) is 1.84. The molecule has 0 bridgehead atoms. The van der Waals surface area contributed by atoms with E-state index in [-0.39, 0.29) is 12.4 Å². The minimum atomic E-state index is -3.38. The highest BCUT2D eigenvalue weighted by atomic mass is 32.2. The SMILES string of the molecule is Cc1cscc1CNS(=O)(=O)Cc1cccc(CO)c1. The van der Waals surface area contributed by atoms with Gasteiger partial charge in [-0.05, 0) is 39.9 Å². The third-order valence-corrected chi connectivity index (χ3v) is 5.18. The molecule has 20 heavy (non-hydrogen) atoms. The van der Waals surface area contributed by atoms with Crippen molar-refractivity contribution in [1.82, 2.24) is 4.72 Å². The number of sulfonamides is 1. The summed E-state index contributed by atoms with van der Waals surface area (Å²) < 4.78 is 26.7. The molecule has 2 aromatic rings. The van der Waals surface area contributed by atoms with Crippen molar-refractivity contribution in [2.75, 3.05) is 0 Å². The number of thiophene rings is 1. The summed E-state index contributed by atoms with van der Waals surface area (Å²) in [7, 11) is -3.38. The smallest absolute Gasteiger partial charge is 0.216 e. The monoisotopic (exact) mass is 311 g/mol. The molecule has 1 heterocycles. The fourth-order valence-corrected chi connectivity index (χ4v) is 3.80. The third kappa shape index (κ3) is 4.14. The van der Waals surface area contributed by atoms with Crippen LogP contribution >= 0.6 is 11.3 Å². The molecule has 0 fully saturated rings. The van der Waals surface area contributed by atoms with E-state index in [9.17, 15) is 8.42 Å². The lowest BCUT2D eigenvalue weighted by Crippen LogP contribution is -2.24. The van der Waals surface area contributed by atoms with Crippen LogP contribution in [0.25, 0.3) is 0 Å². The molecule has 2 N–H and O–H groups in total. The number of aliphatic hydroxyl groups is 1. The average Bonchev–Trinajstić information content (AvgIpc) is 2.82. The van der Waals surface area contributed by atoms with Gasteiger partial charge in [-0.2, -0.15) is 11.3 Å². The molecule has 0 unspecified atom stereocenters. The van der Waals surface area contributed by atoms with Gasteiger partial charge in [0.25, 0.3) is 0 Å². The van der Waals surface area contributed by atoms with Gasteiger partial charge in [0.05, 0.1) is 12.4 Å². The Bertz CT molecular complexity index is 677. The second kappa shape index (κ2) is 6.49. The average molecular weight is 311 g/mol. The molecule has 0 amide bonds. The second-order valence-corrected chi connectivity index (χ2v) is 7.19. The van der Waals surface area contributed by atoms with Crippen LogP contribution in [0.3, 0.4) is 0 Å². The van der Waals surface area contributed by atoms with Crippen LogP contribution in [0.5, 0.6) is 0 Å². The van der Waals surface area contributed by atoms with E-state index < -0.39 is 10.0 Å². The highest BCUT2D eigenvalue weighted by molar-refractivity contribution is 7.88. The Morgan fingerprint density at radius 1 is 1.25 bits per heavy atom. The molecule has 0 aliphatic rings. The van der Waals surface area contributed by atoms with Gasteiger partial charge in [-0.15, -0.1) is 0 Å². The Kier molecular flexibility index (Phi) is 4.93. The van der Waals surface area contributed by atoms with E-state index in [4.69, 9.17) is 5.11 Å². The maximum Gasteiger partial charge on any atom is 0.216 e. The van der Waals surface area contributed by atoms with Crippen molar-refractivity contribution in [3.05, 3.63) is 57.3 Å². The van der Waals surface area contributed by atoms with Crippen LogP contribution in [0, 0.1) is 6.92 Å². The number of aryl methyl sites for hydroxylation is 1. The number of hydrogen-bond acceptors (Lipinski definition) is 4. The van der Waals surface area contributed by atoms with Gasteiger partial charge < -0.3 is 5.11 Å². The quantitative estimate of drug-likeness (QED) is 0.859. The van der Waals surface area contributed by atoms with Crippen molar-refractivity contribution in [2.24, 2.45) is 0 Å². The summed E-state index contributed by atoms with van der Waals surface area (Å²) in [6, 6.07) is 6.96. The van der Waals surface area contributed by atoms with Crippen LogP contribution in [0.4, 0.5) is 0 Å². The molecule has 4 nitrogen and oxygen atoms in total. The van der Waals surface area contributed by atoms with Crippen molar-refractivity contribution >= 4 is 21.4 Å². The Balaban J connectivity index is 2.02. The summed E-state index contributed by atoms with van der Waals surface area (Å²) >= 11 is 1.56. The lowest BCUT2D eigenvalue weighted by atomic mass is 10.1. The molecular weight excluding hydrogens is 294 g/mol. The lowest BCUT2D eigenvalue weighted by Gasteiger charge is -2.07. The van der Waals surface area contributed by atoms with Crippen molar-refractivity contribution in [1.29, 1.82) is 0 Å². The largest absolute Gasteiger partial charge is 0.392 e. The van der Waals surface area contributed by atoms with Gasteiger partial charge in [0.15, 0.2) is 0 Å². The summed E-state index contributed by atoms with van der Waals surface area (Å²) in [5.74, 6) is -0.0793. The minimum Gasteiger partial charge on any atom is -0.392 e. The first-order valence-electron chi connectivity index (χ1n) is 6.18. The molecule has 108 valence electrons. The Morgan fingerprint density at radius 2 is 2.00 bits per heavy atom. The van der Waals surface area contributed by atoms with Gasteiger partial charge in [-0.3, -0.25) is 0 Å². The standard InChI is InChI=1S/C14H17NO3S2/c1-11-8-19-9-14(11)6-15-20(17,18)10-13-4-2-3-12(5-13)7-16/h2-5,8-9,15-16H,6-7,10H2,1H3. The molecule has 2 rings (SSSR count). The van der Waals surface area contributed by atoms with Crippen molar-refractivity contribution < 1.29 is 13.5 Å². The number of nitrogens with one attached hydrogen (secondary N) is 1. The van der Waals surface area contributed by atoms with Crippen LogP contribution in [0.15, 0.2) is 35.0 Å². The van der Waals surface area contributed by atoms with E-state index in [0.29, 0.717) is 17.7 Å². The molecule has 0 aliphatic carbocycles. The van der Waals surface area contributed by atoms with Crippen LogP contribution in [0.2, 0.25) is 0 Å². The second-order valence-electron chi connectivity index (χ2n) is 4.64. The number of hydrogen-bond donors (Lipinski definition) is 2. The Labute approximate surface area is 123 Å². The molecule has 0 radical (unpaired) electrons. The normalized spacial score (nSPS) is 11.7. The van der Waals surface area contributed by atoms with Crippen molar-refractivity contribution in [3.63, 3.8) is 0 Å². The Morgan fingerprint density at radius 3 is 2.65 bits per heavy atom. The van der Waals surface area contributed by atoms with E-state index in [1.807, 2.05) is 17.7 Å². The molecule has 0 saturated carbocycles. The predicted molar refractivity (Wildman–Crippen MR) is 80.9 cm³/mol.